The molecule has 2 unspecified atom stereocenters. The number of rotatable bonds is 12. The molecule has 0 bridgehead atoms. The van der Waals surface area contributed by atoms with Crippen molar-refractivity contribution < 1.29 is 23.6 Å². The number of quaternary nitrogens is 1. The lowest BCUT2D eigenvalue weighted by Gasteiger charge is -2.31. The van der Waals surface area contributed by atoms with E-state index in [1.165, 1.54) is 24.5 Å². The molecule has 4 aliphatic rings. The Balaban J connectivity index is 1.04. The van der Waals surface area contributed by atoms with Gasteiger partial charge in [-0.2, -0.15) is 0 Å². The number of nitrogens with zero attached hydrogens (tertiary/aromatic N) is 1. The number of aliphatic hydroxyl groups is 1. The summed E-state index contributed by atoms with van der Waals surface area (Å²) in [5, 5.41) is 17.0. The summed E-state index contributed by atoms with van der Waals surface area (Å²) >= 11 is 0. The summed E-state index contributed by atoms with van der Waals surface area (Å²) in [6, 6.07) is 7.28. The van der Waals surface area contributed by atoms with E-state index in [0.717, 1.165) is 61.7 Å². The van der Waals surface area contributed by atoms with Gasteiger partial charge in [-0.05, 0) is 106 Å². The average molecular weight is 573 g/mol. The maximum atomic E-state index is 14.0. The minimum atomic E-state index is -3.50. The number of likely N-dealkylation sites (tertiary alicyclic amines) is 1. The molecule has 0 aromatic heterocycles. The summed E-state index contributed by atoms with van der Waals surface area (Å²) in [5.74, 6) is 1.03. The highest BCUT2D eigenvalue weighted by Gasteiger charge is 2.35. The van der Waals surface area contributed by atoms with Gasteiger partial charge in [0.15, 0.2) is 5.70 Å². The Bertz CT molecular complexity index is 1290. The molecule has 2 aliphatic carbocycles. The van der Waals surface area contributed by atoms with Gasteiger partial charge in [-0.3, -0.25) is 0 Å². The normalized spacial score (nSPS) is 23.4. The summed E-state index contributed by atoms with van der Waals surface area (Å²) < 4.78 is 42.1. The monoisotopic (exact) mass is 572 g/mol. The van der Waals surface area contributed by atoms with Crippen LogP contribution in [0, 0.1) is 11.8 Å². The Morgan fingerprint density at radius 1 is 1.20 bits per heavy atom. The minimum Gasteiger partial charge on any atom is -0.387 e. The Morgan fingerprint density at radius 3 is 2.60 bits per heavy atom. The molecule has 8 nitrogen and oxygen atoms in total. The van der Waals surface area contributed by atoms with Gasteiger partial charge in [0.1, 0.15) is 5.83 Å². The zero-order valence-electron chi connectivity index (χ0n) is 23.3. The second-order valence-electron chi connectivity index (χ2n) is 11.6. The van der Waals surface area contributed by atoms with Crippen molar-refractivity contribution in [3.8, 4) is 0 Å². The zero-order valence-corrected chi connectivity index (χ0v) is 24.1. The predicted octanol–water partition coefficient (Wildman–Crippen LogP) is 2.09. The number of hydrogen-bond donors (Lipinski definition) is 5. The van der Waals surface area contributed by atoms with Crippen molar-refractivity contribution in [2.24, 2.45) is 11.8 Å². The molecule has 0 spiro atoms. The highest BCUT2D eigenvalue weighted by atomic mass is 32.2. The molecule has 1 saturated heterocycles. The maximum absolute atomic E-state index is 14.0. The third kappa shape index (κ3) is 7.22. The quantitative estimate of drug-likeness (QED) is 0.262. The van der Waals surface area contributed by atoms with Crippen molar-refractivity contribution in [3.63, 3.8) is 0 Å². The van der Waals surface area contributed by atoms with E-state index in [1.54, 1.807) is 25.1 Å². The van der Waals surface area contributed by atoms with Gasteiger partial charge in [0.25, 0.3) is 0 Å². The van der Waals surface area contributed by atoms with Crippen molar-refractivity contribution in [3.05, 3.63) is 76.5 Å². The molecule has 2 atom stereocenters. The van der Waals surface area contributed by atoms with Crippen molar-refractivity contribution in [1.82, 2.24) is 20.3 Å². The van der Waals surface area contributed by atoms with E-state index >= 15 is 0 Å². The van der Waals surface area contributed by atoms with Gasteiger partial charge in [-0.15, -0.1) is 0 Å². The van der Waals surface area contributed by atoms with Crippen LogP contribution in [0.5, 0.6) is 0 Å². The van der Waals surface area contributed by atoms with Gasteiger partial charge in [-0.1, -0.05) is 12.1 Å². The molecule has 2 heterocycles. The highest BCUT2D eigenvalue weighted by Crippen LogP contribution is 2.35. The second-order valence-corrected chi connectivity index (χ2v) is 13.4. The van der Waals surface area contributed by atoms with Crippen molar-refractivity contribution in [2.45, 2.75) is 62.5 Å². The molecular formula is C30H43FN5O3S+. The van der Waals surface area contributed by atoms with Crippen LogP contribution in [0.3, 0.4) is 0 Å². The molecule has 1 aromatic rings. The first-order valence-corrected chi connectivity index (χ1v) is 16.0. The van der Waals surface area contributed by atoms with Crippen LogP contribution < -0.4 is 21.1 Å². The predicted molar refractivity (Wildman–Crippen MR) is 154 cm³/mol. The number of piperidine rings is 1. The number of benzene rings is 1. The lowest BCUT2D eigenvalue weighted by molar-refractivity contribution is -0.297. The number of aliphatic hydroxyl groups excluding tert-OH is 1. The molecular weight excluding hydrogens is 529 g/mol. The first kappa shape index (κ1) is 29.0. The van der Waals surface area contributed by atoms with Gasteiger partial charge < -0.3 is 26.4 Å². The lowest BCUT2D eigenvalue weighted by Crippen LogP contribution is -2.50. The largest absolute Gasteiger partial charge is 0.387 e. The number of hydrogen-bond acceptors (Lipinski definition) is 6. The Morgan fingerprint density at radius 2 is 1.93 bits per heavy atom. The van der Waals surface area contributed by atoms with E-state index in [-0.39, 0.29) is 11.9 Å². The number of fused-ring (bicyclic) bond motifs is 1. The van der Waals surface area contributed by atoms with E-state index in [0.29, 0.717) is 36.0 Å². The van der Waals surface area contributed by atoms with Crippen LogP contribution >= 0.6 is 0 Å². The molecule has 2 fully saturated rings. The third-order valence-electron chi connectivity index (χ3n) is 8.41. The smallest absolute Gasteiger partial charge is 0.240 e. The van der Waals surface area contributed by atoms with Crippen LogP contribution in [0.1, 0.15) is 44.6 Å². The molecule has 218 valence electrons. The van der Waals surface area contributed by atoms with Gasteiger partial charge >= 0.3 is 0 Å². The van der Waals surface area contributed by atoms with Gasteiger partial charge in [-0.25, -0.2) is 17.5 Å². The molecule has 2 aliphatic heterocycles. The average Bonchev–Trinajstić information content (AvgIpc) is 3.66. The van der Waals surface area contributed by atoms with E-state index < -0.39 is 16.1 Å². The fourth-order valence-corrected chi connectivity index (χ4v) is 6.89. The fourth-order valence-electron chi connectivity index (χ4n) is 5.87. The molecule has 10 heteroatoms. The summed E-state index contributed by atoms with van der Waals surface area (Å²) in [6.45, 7) is 5.43. The molecule has 40 heavy (non-hydrogen) atoms. The van der Waals surface area contributed by atoms with Crippen molar-refractivity contribution >= 4 is 10.0 Å². The van der Waals surface area contributed by atoms with Crippen LogP contribution in [0.2, 0.25) is 0 Å². The van der Waals surface area contributed by atoms with Crippen molar-refractivity contribution in [2.75, 3.05) is 32.7 Å². The third-order valence-corrected chi connectivity index (χ3v) is 9.89. The second kappa shape index (κ2) is 12.6. The number of halogens is 1. The van der Waals surface area contributed by atoms with Crippen LogP contribution in [-0.4, -0.2) is 63.3 Å². The molecule has 5 rings (SSSR count). The van der Waals surface area contributed by atoms with Crippen LogP contribution in [0.4, 0.5) is 4.39 Å². The summed E-state index contributed by atoms with van der Waals surface area (Å²) in [4.78, 5) is 2.64. The Kier molecular flexibility index (Phi) is 9.11. The fraction of sp³-hybridized carbons (Fsp3) is 0.533. The molecule has 1 saturated carbocycles. The van der Waals surface area contributed by atoms with Crippen LogP contribution in [0.25, 0.3) is 0 Å². The minimum absolute atomic E-state index is 0.0319. The Hall–Kier alpha value is -2.50. The SMILES string of the molecule is CC(O)C1=C(C([NH3+])=CNCC2CCN(CCNS(=O)(=O)c3ccc(CC4CC4)cc3)CC2)C2=CC(F)=CCC2N1. The summed E-state index contributed by atoms with van der Waals surface area (Å²) in [7, 11) is -3.50. The first-order valence-electron chi connectivity index (χ1n) is 14.5. The maximum Gasteiger partial charge on any atom is 0.240 e. The Labute approximate surface area is 237 Å². The molecule has 0 amide bonds. The van der Waals surface area contributed by atoms with E-state index in [2.05, 4.69) is 26.0 Å². The lowest BCUT2D eigenvalue weighted by atomic mass is 9.93. The molecule has 1 aromatic carbocycles. The van der Waals surface area contributed by atoms with E-state index in [4.69, 9.17) is 0 Å². The van der Waals surface area contributed by atoms with Crippen molar-refractivity contribution in [1.29, 1.82) is 0 Å². The number of allylic oxidation sites excluding steroid dienone is 3. The molecule has 7 N–H and O–H groups in total. The van der Waals surface area contributed by atoms with E-state index in [9.17, 15) is 17.9 Å². The summed E-state index contributed by atoms with van der Waals surface area (Å²) in [6.07, 6.45) is 10.5. The topological polar surface area (TPSA) is 121 Å². The standard InChI is InChI=1S/C30H42FN5O3S/c1-20(37)30-29(26-17-24(31)6-9-28(26)35-30)27(32)19-33-18-23-10-13-36(14-11-23)15-12-34-40(38,39)25-7-4-22(5-8-25)16-21-2-3-21/h4-8,17,19-21,23,28,33-35,37H,2-3,9-16,18,32H2,1H3/p+1. The van der Waals surface area contributed by atoms with E-state index in [1.807, 2.05) is 18.3 Å². The van der Waals surface area contributed by atoms with Gasteiger partial charge in [0, 0.05) is 19.6 Å². The van der Waals surface area contributed by atoms with Crippen LogP contribution in [0.15, 0.2) is 75.9 Å². The summed E-state index contributed by atoms with van der Waals surface area (Å²) in [5.41, 5.74) is 8.47. The van der Waals surface area contributed by atoms with Gasteiger partial charge in [0.2, 0.25) is 10.0 Å². The van der Waals surface area contributed by atoms with Gasteiger partial charge in [0.05, 0.1) is 34.5 Å². The number of nitrogens with one attached hydrogen (secondary N) is 3. The zero-order chi connectivity index (χ0) is 28.3. The van der Waals surface area contributed by atoms with Crippen LogP contribution in [-0.2, 0) is 16.4 Å². The number of sulfonamides is 1. The first-order chi connectivity index (χ1) is 19.2. The highest BCUT2D eigenvalue weighted by molar-refractivity contribution is 7.89. The molecule has 0 radical (unpaired) electrons.